The summed E-state index contributed by atoms with van der Waals surface area (Å²) in [4.78, 5) is 57.0. The summed E-state index contributed by atoms with van der Waals surface area (Å²) in [6.45, 7) is 4.05. The third kappa shape index (κ3) is 7.08. The van der Waals surface area contributed by atoms with Gasteiger partial charge in [-0.1, -0.05) is 0 Å². The number of ether oxygens (including phenoxy) is 5. The van der Waals surface area contributed by atoms with Gasteiger partial charge in [-0.3, -0.25) is 24.0 Å². The smallest absolute Gasteiger partial charge is 0.306 e. The minimum absolute atomic E-state index is 0.0946. The number of carbonyl (C=O) groups is 5. The molecule has 0 aromatic heterocycles. The fraction of sp³-hybridized carbons (Fsp3) is 0.688. The minimum atomic E-state index is -1.34. The molecule has 10 heteroatoms. The van der Waals surface area contributed by atoms with Gasteiger partial charge in [0.05, 0.1) is 0 Å². The molecule has 0 unspecified atom stereocenters. The SMILES string of the molecule is CC(=O)OC[C@@H](OC(C)=O)[C@@H](OC(C)=O)[C@H](OC(C)=O)[C@H]1CCC(=O)O1. The summed E-state index contributed by atoms with van der Waals surface area (Å²) in [6, 6.07) is 0. The van der Waals surface area contributed by atoms with E-state index in [1.807, 2.05) is 0 Å². The van der Waals surface area contributed by atoms with Gasteiger partial charge in [0, 0.05) is 34.1 Å². The normalized spacial score (nSPS) is 19.5. The van der Waals surface area contributed by atoms with E-state index in [9.17, 15) is 24.0 Å². The van der Waals surface area contributed by atoms with Crippen molar-refractivity contribution >= 4 is 29.8 Å². The highest BCUT2D eigenvalue weighted by Gasteiger charge is 2.45. The van der Waals surface area contributed by atoms with Crippen LogP contribution in [0.3, 0.4) is 0 Å². The first-order valence-electron chi connectivity index (χ1n) is 7.94. The minimum Gasteiger partial charge on any atom is -0.462 e. The number of rotatable bonds is 8. The van der Waals surface area contributed by atoms with E-state index in [1.165, 1.54) is 0 Å². The van der Waals surface area contributed by atoms with E-state index in [4.69, 9.17) is 23.7 Å². The second-order valence-electron chi connectivity index (χ2n) is 5.67. The standard InChI is InChI=1S/C16H22O10/c1-8(17)22-7-13(23-9(2)18)16(25-11(4)20)15(24-10(3)19)12-5-6-14(21)26-12/h12-13,15-16H,5-7H2,1-4H3/t12-,13-,15-,16-/m1/s1. The van der Waals surface area contributed by atoms with Crippen LogP contribution in [0.15, 0.2) is 0 Å². The molecule has 0 N–H and O–H groups in total. The molecule has 1 heterocycles. The van der Waals surface area contributed by atoms with Crippen LogP contribution in [0.4, 0.5) is 0 Å². The van der Waals surface area contributed by atoms with Crippen LogP contribution in [0, 0.1) is 0 Å². The summed E-state index contributed by atoms with van der Waals surface area (Å²) in [5.41, 5.74) is 0. The molecular formula is C16H22O10. The van der Waals surface area contributed by atoms with Crippen molar-refractivity contribution in [3.63, 3.8) is 0 Å². The van der Waals surface area contributed by atoms with Crippen LogP contribution in [0.2, 0.25) is 0 Å². The summed E-state index contributed by atoms with van der Waals surface area (Å²) in [6.07, 6.45) is -4.42. The largest absolute Gasteiger partial charge is 0.462 e. The molecule has 10 nitrogen and oxygen atoms in total. The highest BCUT2D eigenvalue weighted by molar-refractivity contribution is 5.72. The van der Waals surface area contributed by atoms with Crippen molar-refractivity contribution in [1.82, 2.24) is 0 Å². The quantitative estimate of drug-likeness (QED) is 0.424. The molecule has 0 spiro atoms. The van der Waals surface area contributed by atoms with Gasteiger partial charge in [-0.05, 0) is 6.42 Å². The van der Waals surface area contributed by atoms with Crippen molar-refractivity contribution < 1.29 is 47.7 Å². The van der Waals surface area contributed by atoms with Gasteiger partial charge in [0.2, 0.25) is 0 Å². The Morgan fingerprint density at radius 2 is 1.54 bits per heavy atom. The summed E-state index contributed by atoms with van der Waals surface area (Å²) in [5.74, 6) is -3.36. The summed E-state index contributed by atoms with van der Waals surface area (Å²) < 4.78 is 25.4. The van der Waals surface area contributed by atoms with Gasteiger partial charge in [-0.25, -0.2) is 0 Å². The Morgan fingerprint density at radius 3 is 1.96 bits per heavy atom. The van der Waals surface area contributed by atoms with E-state index in [0.717, 1.165) is 27.7 Å². The molecule has 4 atom stereocenters. The molecule has 0 amide bonds. The Bertz CT molecular complexity index is 569. The van der Waals surface area contributed by atoms with E-state index in [1.54, 1.807) is 0 Å². The zero-order chi connectivity index (χ0) is 19.9. The highest BCUT2D eigenvalue weighted by Crippen LogP contribution is 2.26. The van der Waals surface area contributed by atoms with Crippen LogP contribution in [0.1, 0.15) is 40.5 Å². The van der Waals surface area contributed by atoms with Crippen molar-refractivity contribution in [1.29, 1.82) is 0 Å². The molecule has 0 aliphatic carbocycles. The number of hydrogen-bond acceptors (Lipinski definition) is 10. The lowest BCUT2D eigenvalue weighted by molar-refractivity contribution is -0.199. The first kappa shape index (κ1) is 21.4. The van der Waals surface area contributed by atoms with E-state index in [0.29, 0.717) is 0 Å². The van der Waals surface area contributed by atoms with Crippen LogP contribution in [-0.4, -0.2) is 60.9 Å². The molecule has 0 aromatic rings. The molecule has 146 valence electrons. The molecule has 0 aromatic carbocycles. The van der Waals surface area contributed by atoms with Crippen LogP contribution in [0.25, 0.3) is 0 Å². The van der Waals surface area contributed by atoms with Gasteiger partial charge < -0.3 is 23.7 Å². The summed E-state index contributed by atoms with van der Waals surface area (Å²) in [7, 11) is 0. The monoisotopic (exact) mass is 374 g/mol. The van der Waals surface area contributed by atoms with Gasteiger partial charge in [-0.2, -0.15) is 0 Å². The second-order valence-corrected chi connectivity index (χ2v) is 5.67. The van der Waals surface area contributed by atoms with Crippen molar-refractivity contribution in [3.8, 4) is 0 Å². The zero-order valence-corrected chi connectivity index (χ0v) is 15.0. The summed E-state index contributed by atoms with van der Waals surface area (Å²) >= 11 is 0. The molecule has 0 saturated carbocycles. The number of cyclic esters (lactones) is 1. The lowest BCUT2D eigenvalue weighted by Crippen LogP contribution is -2.52. The van der Waals surface area contributed by atoms with Crippen LogP contribution < -0.4 is 0 Å². The topological polar surface area (TPSA) is 132 Å². The number of carbonyl (C=O) groups excluding carboxylic acids is 5. The predicted molar refractivity (Wildman–Crippen MR) is 82.4 cm³/mol. The molecular weight excluding hydrogens is 352 g/mol. The third-order valence-electron chi connectivity index (χ3n) is 3.34. The Kier molecular flexibility index (Phi) is 8.01. The lowest BCUT2D eigenvalue weighted by Gasteiger charge is -2.33. The molecule has 26 heavy (non-hydrogen) atoms. The molecule has 1 aliphatic heterocycles. The highest BCUT2D eigenvalue weighted by atomic mass is 16.6. The van der Waals surface area contributed by atoms with Gasteiger partial charge in [0.1, 0.15) is 12.7 Å². The van der Waals surface area contributed by atoms with Gasteiger partial charge in [0.15, 0.2) is 18.3 Å². The molecule has 0 bridgehead atoms. The molecule has 0 radical (unpaired) electrons. The average molecular weight is 374 g/mol. The maximum Gasteiger partial charge on any atom is 0.306 e. The predicted octanol–water partition coefficient (Wildman–Crippen LogP) is 0.0502. The van der Waals surface area contributed by atoms with Gasteiger partial charge in [-0.15, -0.1) is 0 Å². The molecule has 1 aliphatic rings. The van der Waals surface area contributed by atoms with Crippen LogP contribution in [-0.2, 0) is 47.7 Å². The average Bonchev–Trinajstić information content (AvgIpc) is 2.92. The fourth-order valence-corrected chi connectivity index (χ4v) is 2.48. The van der Waals surface area contributed by atoms with Crippen molar-refractivity contribution in [3.05, 3.63) is 0 Å². The van der Waals surface area contributed by atoms with Crippen molar-refractivity contribution in [2.45, 2.75) is 65.0 Å². The van der Waals surface area contributed by atoms with E-state index in [2.05, 4.69) is 0 Å². The Balaban J connectivity index is 3.16. The Morgan fingerprint density at radius 1 is 0.962 bits per heavy atom. The first-order chi connectivity index (χ1) is 12.1. The van der Waals surface area contributed by atoms with Crippen LogP contribution in [0.5, 0.6) is 0 Å². The lowest BCUT2D eigenvalue weighted by atomic mass is 10.0. The first-order valence-corrected chi connectivity index (χ1v) is 7.94. The van der Waals surface area contributed by atoms with Crippen LogP contribution >= 0.6 is 0 Å². The van der Waals surface area contributed by atoms with E-state index < -0.39 is 60.9 Å². The molecule has 1 fully saturated rings. The molecule has 1 saturated heterocycles. The van der Waals surface area contributed by atoms with Gasteiger partial charge in [0.25, 0.3) is 0 Å². The summed E-state index contributed by atoms with van der Waals surface area (Å²) in [5, 5.41) is 0. The molecule has 1 rings (SSSR count). The number of hydrogen-bond donors (Lipinski definition) is 0. The van der Waals surface area contributed by atoms with E-state index in [-0.39, 0.29) is 12.8 Å². The number of esters is 5. The second kappa shape index (κ2) is 9.73. The van der Waals surface area contributed by atoms with Crippen molar-refractivity contribution in [2.75, 3.05) is 6.61 Å². The fourth-order valence-electron chi connectivity index (χ4n) is 2.48. The zero-order valence-electron chi connectivity index (χ0n) is 15.0. The Labute approximate surface area is 150 Å². The Hall–Kier alpha value is -2.65. The van der Waals surface area contributed by atoms with E-state index >= 15 is 0 Å². The maximum absolute atomic E-state index is 11.5. The van der Waals surface area contributed by atoms with Gasteiger partial charge >= 0.3 is 29.8 Å². The van der Waals surface area contributed by atoms with Crippen molar-refractivity contribution in [2.24, 2.45) is 0 Å². The maximum atomic E-state index is 11.5. The third-order valence-corrected chi connectivity index (χ3v) is 3.34.